The Labute approximate surface area is 121 Å². The summed E-state index contributed by atoms with van der Waals surface area (Å²) in [5.41, 5.74) is 1.86. The van der Waals surface area contributed by atoms with E-state index >= 15 is 0 Å². The van der Waals surface area contributed by atoms with E-state index in [1.807, 2.05) is 11.3 Å². The zero-order valence-corrected chi connectivity index (χ0v) is 13.3. The number of rotatable bonds is 5. The number of hydrogen-bond donors (Lipinski definition) is 1. The van der Waals surface area contributed by atoms with Crippen LogP contribution in [0.4, 0.5) is 0 Å². The van der Waals surface area contributed by atoms with Crippen LogP contribution in [0.5, 0.6) is 0 Å². The molecule has 0 spiro atoms. The minimum absolute atomic E-state index is 0.339. The highest BCUT2D eigenvalue weighted by atomic mass is 32.1. The van der Waals surface area contributed by atoms with Crippen LogP contribution < -0.4 is 5.32 Å². The lowest BCUT2D eigenvalue weighted by Crippen LogP contribution is -2.37. The lowest BCUT2D eigenvalue weighted by molar-refractivity contribution is 0.264. The molecule has 0 aliphatic carbocycles. The van der Waals surface area contributed by atoms with Crippen molar-refractivity contribution in [2.45, 2.75) is 46.1 Å². The van der Waals surface area contributed by atoms with Crippen LogP contribution in [0, 0.1) is 5.41 Å². The normalized spacial score (nSPS) is 13.9. The van der Waals surface area contributed by atoms with Crippen molar-refractivity contribution >= 4 is 21.4 Å². The number of benzene rings is 1. The third-order valence-corrected chi connectivity index (χ3v) is 4.91. The van der Waals surface area contributed by atoms with Crippen LogP contribution in [-0.2, 0) is 6.42 Å². The van der Waals surface area contributed by atoms with Crippen LogP contribution in [0.2, 0.25) is 0 Å². The van der Waals surface area contributed by atoms with Crippen molar-refractivity contribution < 1.29 is 0 Å². The van der Waals surface area contributed by atoms with Crippen molar-refractivity contribution in [3.63, 3.8) is 0 Å². The number of hydrogen-bond acceptors (Lipinski definition) is 2. The average molecular weight is 275 g/mol. The molecule has 1 aromatic heterocycles. The third-order valence-electron chi connectivity index (χ3n) is 3.89. The first-order valence-electron chi connectivity index (χ1n) is 7.15. The molecule has 1 aromatic carbocycles. The van der Waals surface area contributed by atoms with Crippen molar-refractivity contribution in [3.05, 3.63) is 35.2 Å². The maximum atomic E-state index is 3.46. The van der Waals surface area contributed by atoms with Gasteiger partial charge in [0.2, 0.25) is 0 Å². The summed E-state index contributed by atoms with van der Waals surface area (Å²) in [6.07, 6.45) is 3.69. The smallest absolute Gasteiger partial charge is 0.0345 e. The standard InChI is InChI=1S/C17H25NS/c1-17(2,3)16(18-4)11-7-8-13-12-19-15-10-6-5-9-14(13)15/h5-6,9-10,12,16,18H,7-8,11H2,1-4H3. The molecule has 1 nitrogen and oxygen atoms in total. The molecule has 19 heavy (non-hydrogen) atoms. The van der Waals surface area contributed by atoms with Crippen LogP contribution in [0.3, 0.4) is 0 Å². The molecular formula is C17H25NS. The molecule has 0 amide bonds. The van der Waals surface area contributed by atoms with Gasteiger partial charge in [0.25, 0.3) is 0 Å². The summed E-state index contributed by atoms with van der Waals surface area (Å²) in [7, 11) is 2.08. The average Bonchev–Trinajstić information content (AvgIpc) is 2.76. The second kappa shape index (κ2) is 6.06. The van der Waals surface area contributed by atoms with Gasteiger partial charge in [0.05, 0.1) is 0 Å². The number of fused-ring (bicyclic) bond motifs is 1. The van der Waals surface area contributed by atoms with Crippen molar-refractivity contribution in [3.8, 4) is 0 Å². The quantitative estimate of drug-likeness (QED) is 0.822. The summed E-state index contributed by atoms with van der Waals surface area (Å²) in [5.74, 6) is 0. The van der Waals surface area contributed by atoms with Gasteiger partial charge in [0, 0.05) is 10.7 Å². The van der Waals surface area contributed by atoms with Crippen LogP contribution in [0.15, 0.2) is 29.6 Å². The summed E-state index contributed by atoms with van der Waals surface area (Å²) < 4.78 is 1.42. The second-order valence-electron chi connectivity index (χ2n) is 6.36. The molecule has 0 saturated heterocycles. The molecule has 1 atom stereocenters. The fourth-order valence-electron chi connectivity index (χ4n) is 2.73. The van der Waals surface area contributed by atoms with Gasteiger partial charge >= 0.3 is 0 Å². The summed E-state index contributed by atoms with van der Waals surface area (Å²) >= 11 is 1.87. The molecule has 0 aliphatic rings. The largest absolute Gasteiger partial charge is 0.316 e. The SMILES string of the molecule is CNC(CCCc1csc2ccccc12)C(C)(C)C. The molecule has 1 N–H and O–H groups in total. The Kier molecular flexibility index (Phi) is 4.64. The molecule has 2 rings (SSSR count). The molecule has 2 aromatic rings. The van der Waals surface area contributed by atoms with Crippen LogP contribution in [-0.4, -0.2) is 13.1 Å². The maximum absolute atomic E-state index is 3.46. The minimum atomic E-state index is 0.339. The van der Waals surface area contributed by atoms with Crippen molar-refractivity contribution in [2.24, 2.45) is 5.41 Å². The van der Waals surface area contributed by atoms with Crippen LogP contribution in [0.25, 0.3) is 10.1 Å². The van der Waals surface area contributed by atoms with Crippen LogP contribution >= 0.6 is 11.3 Å². The molecule has 0 bridgehead atoms. The summed E-state index contributed by atoms with van der Waals surface area (Å²) in [6.45, 7) is 6.94. The fourth-order valence-corrected chi connectivity index (χ4v) is 3.73. The van der Waals surface area contributed by atoms with Crippen LogP contribution in [0.1, 0.15) is 39.2 Å². The summed E-state index contributed by atoms with van der Waals surface area (Å²) in [6, 6.07) is 9.33. The van der Waals surface area contributed by atoms with Gasteiger partial charge in [-0.2, -0.15) is 0 Å². The highest BCUT2D eigenvalue weighted by molar-refractivity contribution is 7.17. The monoisotopic (exact) mass is 275 g/mol. The number of thiophene rings is 1. The molecule has 1 unspecified atom stereocenters. The van der Waals surface area contributed by atoms with Gasteiger partial charge in [-0.15, -0.1) is 11.3 Å². The zero-order valence-electron chi connectivity index (χ0n) is 12.5. The van der Waals surface area contributed by atoms with Gasteiger partial charge in [-0.05, 0) is 54.1 Å². The van der Waals surface area contributed by atoms with Gasteiger partial charge in [0.15, 0.2) is 0 Å². The molecule has 0 radical (unpaired) electrons. The maximum Gasteiger partial charge on any atom is 0.0345 e. The van der Waals surface area contributed by atoms with Gasteiger partial charge in [-0.3, -0.25) is 0 Å². The lowest BCUT2D eigenvalue weighted by Gasteiger charge is -2.30. The minimum Gasteiger partial charge on any atom is -0.316 e. The van der Waals surface area contributed by atoms with Gasteiger partial charge in [0.1, 0.15) is 0 Å². The zero-order chi connectivity index (χ0) is 13.9. The molecule has 104 valence electrons. The Balaban J connectivity index is 1.96. The fraction of sp³-hybridized carbons (Fsp3) is 0.529. The molecule has 1 heterocycles. The van der Waals surface area contributed by atoms with Crippen molar-refractivity contribution in [1.82, 2.24) is 5.32 Å². The van der Waals surface area contributed by atoms with Crippen molar-refractivity contribution in [2.75, 3.05) is 7.05 Å². The molecular weight excluding hydrogens is 250 g/mol. The molecule has 0 fully saturated rings. The first-order chi connectivity index (χ1) is 9.02. The number of nitrogens with one attached hydrogen (secondary N) is 1. The van der Waals surface area contributed by atoms with E-state index in [0.717, 1.165) is 0 Å². The Morgan fingerprint density at radius 2 is 1.95 bits per heavy atom. The van der Waals surface area contributed by atoms with E-state index in [4.69, 9.17) is 0 Å². The lowest BCUT2D eigenvalue weighted by atomic mass is 9.83. The summed E-state index contributed by atoms with van der Waals surface area (Å²) in [5, 5.41) is 7.24. The first kappa shape index (κ1) is 14.5. The van der Waals surface area contributed by atoms with E-state index in [2.05, 4.69) is 62.8 Å². The predicted molar refractivity (Wildman–Crippen MR) is 87.1 cm³/mol. The Bertz CT molecular complexity index is 521. The molecule has 0 saturated carbocycles. The van der Waals surface area contributed by atoms with Gasteiger partial charge < -0.3 is 5.32 Å². The third kappa shape index (κ3) is 3.58. The van der Waals surface area contributed by atoms with E-state index < -0.39 is 0 Å². The Morgan fingerprint density at radius 1 is 1.21 bits per heavy atom. The van der Waals surface area contributed by atoms with Crippen molar-refractivity contribution in [1.29, 1.82) is 0 Å². The van der Waals surface area contributed by atoms with E-state index in [1.165, 1.54) is 34.9 Å². The second-order valence-corrected chi connectivity index (χ2v) is 7.27. The number of aryl methyl sites for hydroxylation is 1. The molecule has 2 heteroatoms. The highest BCUT2D eigenvalue weighted by Crippen LogP contribution is 2.28. The summed E-state index contributed by atoms with van der Waals surface area (Å²) in [4.78, 5) is 0. The highest BCUT2D eigenvalue weighted by Gasteiger charge is 2.22. The Morgan fingerprint density at radius 3 is 2.63 bits per heavy atom. The van der Waals surface area contributed by atoms with E-state index in [-0.39, 0.29) is 0 Å². The Hall–Kier alpha value is -0.860. The van der Waals surface area contributed by atoms with E-state index in [9.17, 15) is 0 Å². The van der Waals surface area contributed by atoms with E-state index in [0.29, 0.717) is 11.5 Å². The van der Waals surface area contributed by atoms with Gasteiger partial charge in [-0.25, -0.2) is 0 Å². The topological polar surface area (TPSA) is 12.0 Å². The molecule has 0 aliphatic heterocycles. The first-order valence-corrected chi connectivity index (χ1v) is 8.02. The van der Waals surface area contributed by atoms with Gasteiger partial charge in [-0.1, -0.05) is 39.0 Å². The van der Waals surface area contributed by atoms with E-state index in [1.54, 1.807) is 0 Å². The predicted octanol–water partition coefficient (Wildman–Crippen LogP) is 4.86.